The zero-order valence-electron chi connectivity index (χ0n) is 20.1. The topological polar surface area (TPSA) is 84.5 Å². The molecule has 3 atom stereocenters. The van der Waals surface area contributed by atoms with Crippen molar-refractivity contribution in [1.29, 1.82) is 0 Å². The van der Waals surface area contributed by atoms with Gasteiger partial charge in [0.05, 0.1) is 5.69 Å². The first-order valence-corrected chi connectivity index (χ1v) is 13.2. The molecular weight excluding hydrogens is 460 g/mol. The predicted molar refractivity (Wildman–Crippen MR) is 136 cm³/mol. The molecule has 1 aliphatic carbocycles. The molecule has 2 fully saturated rings. The molecule has 182 valence electrons. The standard InChI is InChI=1S/C27H30N4O3S/c1-16(2)9-20-14-26(30-34-20)33-8-7-31-15-18-10-19(31)13-22(18)25-12-17-11-23(28-29-27(17)35-25)21-5-3-4-6-24(21)32/h3-6,11-12,14,16,18-19,22,32H,7-10,13,15H2,1-2H3. The van der Waals surface area contributed by atoms with Crippen LogP contribution in [0.5, 0.6) is 11.6 Å². The van der Waals surface area contributed by atoms with Crippen LogP contribution in [0.25, 0.3) is 21.5 Å². The molecule has 8 heteroatoms. The van der Waals surface area contributed by atoms with Crippen LogP contribution in [-0.4, -0.2) is 51.1 Å². The Morgan fingerprint density at radius 3 is 2.86 bits per heavy atom. The lowest BCUT2D eigenvalue weighted by Gasteiger charge is -2.30. The summed E-state index contributed by atoms with van der Waals surface area (Å²) in [5, 5.41) is 24.2. The molecule has 0 spiro atoms. The molecular formula is C27H30N4O3S. The van der Waals surface area contributed by atoms with Gasteiger partial charge in [0.2, 0.25) is 0 Å². The van der Waals surface area contributed by atoms with Crippen molar-refractivity contribution in [3.63, 3.8) is 0 Å². The lowest BCUT2D eigenvalue weighted by molar-refractivity contribution is 0.159. The minimum Gasteiger partial charge on any atom is -0.507 e. The van der Waals surface area contributed by atoms with Crippen LogP contribution in [0.2, 0.25) is 0 Å². The molecule has 1 aliphatic heterocycles. The Labute approximate surface area is 208 Å². The second-order valence-corrected chi connectivity index (χ2v) is 11.3. The molecule has 2 aliphatic rings. The number of aromatic nitrogens is 3. The number of rotatable bonds is 8. The van der Waals surface area contributed by atoms with Crippen LogP contribution in [0.4, 0.5) is 0 Å². The van der Waals surface area contributed by atoms with Crippen LogP contribution < -0.4 is 4.74 Å². The first-order valence-electron chi connectivity index (χ1n) is 12.4. The zero-order chi connectivity index (χ0) is 23.9. The number of fused-ring (bicyclic) bond motifs is 3. The number of thiophene rings is 1. The molecule has 3 unspecified atom stereocenters. The summed E-state index contributed by atoms with van der Waals surface area (Å²) in [5.41, 5.74) is 1.43. The van der Waals surface area contributed by atoms with E-state index in [1.54, 1.807) is 17.4 Å². The molecule has 4 heterocycles. The third kappa shape index (κ3) is 4.52. The van der Waals surface area contributed by atoms with Crippen molar-refractivity contribution in [2.75, 3.05) is 19.7 Å². The summed E-state index contributed by atoms with van der Waals surface area (Å²) in [7, 11) is 0. The average molecular weight is 491 g/mol. The van der Waals surface area contributed by atoms with Gasteiger partial charge in [0.25, 0.3) is 5.88 Å². The maximum absolute atomic E-state index is 10.2. The highest BCUT2D eigenvalue weighted by Gasteiger charge is 2.45. The number of piperidine rings is 1. The number of likely N-dealkylation sites (tertiary alicyclic amines) is 1. The third-order valence-electron chi connectivity index (χ3n) is 7.28. The fourth-order valence-electron chi connectivity index (χ4n) is 5.67. The highest BCUT2D eigenvalue weighted by Crippen LogP contribution is 2.49. The quantitative estimate of drug-likeness (QED) is 0.349. The maximum atomic E-state index is 10.2. The number of benzene rings is 1. The number of aromatic hydroxyl groups is 1. The molecule has 1 saturated carbocycles. The van der Waals surface area contributed by atoms with Gasteiger partial charge in [-0.25, -0.2) is 0 Å². The van der Waals surface area contributed by atoms with E-state index in [2.05, 4.69) is 40.2 Å². The lowest BCUT2D eigenvalue weighted by atomic mass is 9.93. The SMILES string of the molecule is CC(C)Cc1cc(OCCN2CC3CC2CC3c2cc3cc(-c4ccccc4O)nnc3s2)no1. The molecule has 35 heavy (non-hydrogen) atoms. The number of para-hydroxylation sites is 1. The summed E-state index contributed by atoms with van der Waals surface area (Å²) >= 11 is 1.77. The van der Waals surface area contributed by atoms with Crippen LogP contribution >= 0.6 is 11.3 Å². The van der Waals surface area contributed by atoms with Gasteiger partial charge in [-0.05, 0) is 60.0 Å². The van der Waals surface area contributed by atoms with E-state index < -0.39 is 0 Å². The van der Waals surface area contributed by atoms with E-state index in [9.17, 15) is 5.11 Å². The summed E-state index contributed by atoms with van der Waals surface area (Å²) in [6, 6.07) is 14.1. The Hall–Kier alpha value is -2.97. The smallest absolute Gasteiger partial charge is 0.254 e. The van der Waals surface area contributed by atoms with E-state index in [1.807, 2.05) is 30.3 Å². The largest absolute Gasteiger partial charge is 0.507 e. The number of ether oxygens (including phenoxy) is 1. The molecule has 6 rings (SSSR count). The van der Waals surface area contributed by atoms with E-state index >= 15 is 0 Å². The molecule has 3 aromatic heterocycles. The van der Waals surface area contributed by atoms with Gasteiger partial charge >= 0.3 is 0 Å². The normalized spacial score (nSPS) is 22.0. The highest BCUT2D eigenvalue weighted by atomic mass is 32.1. The first-order chi connectivity index (χ1) is 17.0. The van der Waals surface area contributed by atoms with Gasteiger partial charge in [0, 0.05) is 47.4 Å². The van der Waals surface area contributed by atoms with Crippen LogP contribution in [0.3, 0.4) is 0 Å². The summed E-state index contributed by atoms with van der Waals surface area (Å²) < 4.78 is 11.2. The average Bonchev–Trinajstić information content (AvgIpc) is 3.62. The Morgan fingerprint density at radius 2 is 2.06 bits per heavy atom. The Morgan fingerprint density at radius 1 is 1.17 bits per heavy atom. The Bertz CT molecular complexity index is 1330. The summed E-state index contributed by atoms with van der Waals surface area (Å²) in [5.74, 6) is 3.50. The minimum absolute atomic E-state index is 0.230. The second-order valence-electron chi connectivity index (χ2n) is 10.2. The maximum Gasteiger partial charge on any atom is 0.254 e. The molecule has 0 amide bonds. The molecule has 7 nitrogen and oxygen atoms in total. The van der Waals surface area contributed by atoms with E-state index in [-0.39, 0.29) is 5.75 Å². The molecule has 1 aromatic carbocycles. The zero-order valence-corrected chi connectivity index (χ0v) is 20.9. The molecule has 1 saturated heterocycles. The summed E-state index contributed by atoms with van der Waals surface area (Å²) in [4.78, 5) is 4.95. The van der Waals surface area contributed by atoms with Crippen molar-refractivity contribution in [2.24, 2.45) is 11.8 Å². The van der Waals surface area contributed by atoms with E-state index in [0.29, 0.717) is 47.5 Å². The summed E-state index contributed by atoms with van der Waals surface area (Å²) in [6.45, 7) is 6.99. The highest BCUT2D eigenvalue weighted by molar-refractivity contribution is 7.18. The van der Waals surface area contributed by atoms with E-state index in [1.165, 1.54) is 17.7 Å². The van der Waals surface area contributed by atoms with Gasteiger partial charge in [-0.15, -0.1) is 21.5 Å². The number of hydrogen-bond donors (Lipinski definition) is 1. The van der Waals surface area contributed by atoms with Gasteiger partial charge in [0.1, 0.15) is 22.9 Å². The van der Waals surface area contributed by atoms with Gasteiger partial charge in [-0.1, -0.05) is 26.0 Å². The van der Waals surface area contributed by atoms with Gasteiger partial charge in [-0.3, -0.25) is 4.90 Å². The number of hydrogen-bond acceptors (Lipinski definition) is 8. The van der Waals surface area contributed by atoms with Gasteiger partial charge in [0.15, 0.2) is 0 Å². The lowest BCUT2D eigenvalue weighted by Crippen LogP contribution is -2.37. The van der Waals surface area contributed by atoms with Gasteiger partial charge in [-0.2, -0.15) is 0 Å². The number of phenols is 1. The van der Waals surface area contributed by atoms with E-state index in [4.69, 9.17) is 9.26 Å². The van der Waals surface area contributed by atoms with Crippen molar-refractivity contribution in [3.8, 4) is 22.9 Å². The van der Waals surface area contributed by atoms with Gasteiger partial charge < -0.3 is 14.4 Å². The van der Waals surface area contributed by atoms with Crippen LogP contribution in [0.1, 0.15) is 43.2 Å². The molecule has 4 aromatic rings. The van der Waals surface area contributed by atoms with Crippen molar-refractivity contribution in [3.05, 3.63) is 53.1 Å². The minimum atomic E-state index is 0.230. The Balaban J connectivity index is 1.07. The molecule has 0 radical (unpaired) electrons. The number of phenolic OH excluding ortho intramolecular Hbond substituents is 1. The predicted octanol–water partition coefficient (Wildman–Crippen LogP) is 5.51. The fourth-order valence-corrected chi connectivity index (χ4v) is 6.84. The van der Waals surface area contributed by atoms with Crippen LogP contribution in [-0.2, 0) is 6.42 Å². The van der Waals surface area contributed by atoms with Crippen molar-refractivity contribution >= 4 is 21.6 Å². The first kappa shape index (κ1) is 22.5. The van der Waals surface area contributed by atoms with E-state index in [0.717, 1.165) is 35.5 Å². The summed E-state index contributed by atoms with van der Waals surface area (Å²) in [6.07, 6.45) is 3.31. The molecule has 2 bridgehead atoms. The van der Waals surface area contributed by atoms with Crippen molar-refractivity contribution in [2.45, 2.75) is 45.1 Å². The monoisotopic (exact) mass is 490 g/mol. The van der Waals surface area contributed by atoms with Crippen LogP contribution in [0, 0.1) is 11.8 Å². The van der Waals surface area contributed by atoms with Crippen molar-refractivity contribution < 1.29 is 14.4 Å². The third-order valence-corrected chi connectivity index (χ3v) is 8.44. The fraction of sp³-hybridized carbons (Fsp3) is 0.444. The van der Waals surface area contributed by atoms with Crippen molar-refractivity contribution in [1.82, 2.24) is 20.3 Å². The Kier molecular flexibility index (Phi) is 5.94. The second kappa shape index (κ2) is 9.24. The number of nitrogens with zero attached hydrogens (tertiary/aromatic N) is 4. The molecule has 1 N–H and O–H groups in total. The van der Waals surface area contributed by atoms with Crippen LogP contribution in [0.15, 0.2) is 47.0 Å².